The fraction of sp³-hybridized carbons (Fsp3) is 0.308. The van der Waals surface area contributed by atoms with E-state index in [4.69, 9.17) is 15.2 Å². The second kappa shape index (κ2) is 6.58. The van der Waals surface area contributed by atoms with E-state index in [-0.39, 0.29) is 12.4 Å². The molecule has 0 aliphatic heterocycles. The first-order valence-corrected chi connectivity index (χ1v) is 5.43. The fourth-order valence-electron chi connectivity index (χ4n) is 1.34. The first kappa shape index (κ1) is 13.1. The molecule has 0 atom stereocenters. The number of carbonyl (C=O) groups excluding carboxylic acids is 1. The van der Waals surface area contributed by atoms with Crippen LogP contribution in [0, 0.1) is 0 Å². The van der Waals surface area contributed by atoms with Gasteiger partial charge in [0.15, 0.2) is 0 Å². The van der Waals surface area contributed by atoms with Crippen LogP contribution in [0.2, 0.25) is 0 Å². The van der Waals surface area contributed by atoms with Gasteiger partial charge in [-0.3, -0.25) is 4.79 Å². The SMILES string of the molecule is CCOC(=O)CC=Cc1ccc(N)c(OC)c1. The Morgan fingerprint density at radius 3 is 2.88 bits per heavy atom. The molecule has 2 N–H and O–H groups in total. The lowest BCUT2D eigenvalue weighted by atomic mass is 10.1. The Bertz CT molecular complexity index is 413. The van der Waals surface area contributed by atoms with Crippen molar-refractivity contribution in [2.75, 3.05) is 19.5 Å². The number of benzene rings is 1. The Morgan fingerprint density at radius 2 is 2.24 bits per heavy atom. The molecule has 0 aliphatic carbocycles. The molecule has 1 aromatic carbocycles. The molecule has 0 radical (unpaired) electrons. The smallest absolute Gasteiger partial charge is 0.309 e. The predicted octanol–water partition coefficient (Wildman–Crippen LogP) is 2.24. The van der Waals surface area contributed by atoms with Gasteiger partial charge in [-0.1, -0.05) is 18.2 Å². The molecule has 4 heteroatoms. The third kappa shape index (κ3) is 4.18. The number of nitrogen functional groups attached to an aromatic ring is 1. The highest BCUT2D eigenvalue weighted by Crippen LogP contribution is 2.22. The molecule has 17 heavy (non-hydrogen) atoms. The van der Waals surface area contributed by atoms with Crippen LogP contribution in [0.15, 0.2) is 24.3 Å². The van der Waals surface area contributed by atoms with E-state index in [1.54, 1.807) is 26.2 Å². The van der Waals surface area contributed by atoms with E-state index in [2.05, 4.69) is 0 Å². The molecule has 92 valence electrons. The van der Waals surface area contributed by atoms with Crippen LogP contribution in [0.1, 0.15) is 18.9 Å². The van der Waals surface area contributed by atoms with Crippen LogP contribution in [0.5, 0.6) is 5.75 Å². The Kier molecular flexibility index (Phi) is 5.07. The van der Waals surface area contributed by atoms with Gasteiger partial charge in [-0.05, 0) is 24.6 Å². The summed E-state index contributed by atoms with van der Waals surface area (Å²) < 4.78 is 9.91. The van der Waals surface area contributed by atoms with Crippen molar-refractivity contribution in [1.82, 2.24) is 0 Å². The molecule has 0 aliphatic rings. The summed E-state index contributed by atoms with van der Waals surface area (Å²) in [6, 6.07) is 5.44. The van der Waals surface area contributed by atoms with Gasteiger partial charge in [0.25, 0.3) is 0 Å². The molecule has 1 rings (SSSR count). The van der Waals surface area contributed by atoms with Gasteiger partial charge >= 0.3 is 5.97 Å². The molecule has 0 amide bonds. The van der Waals surface area contributed by atoms with E-state index in [1.807, 2.05) is 18.2 Å². The Morgan fingerprint density at radius 1 is 1.47 bits per heavy atom. The summed E-state index contributed by atoms with van der Waals surface area (Å²) >= 11 is 0. The lowest BCUT2D eigenvalue weighted by molar-refractivity contribution is -0.142. The van der Waals surface area contributed by atoms with Crippen LogP contribution < -0.4 is 10.5 Å². The molecule has 0 saturated carbocycles. The minimum absolute atomic E-state index is 0.230. The monoisotopic (exact) mass is 235 g/mol. The predicted molar refractivity (Wildman–Crippen MR) is 67.7 cm³/mol. The highest BCUT2D eigenvalue weighted by Gasteiger charge is 1.99. The maximum Gasteiger partial charge on any atom is 0.309 e. The van der Waals surface area contributed by atoms with Gasteiger partial charge in [-0.25, -0.2) is 0 Å². The number of hydrogen-bond acceptors (Lipinski definition) is 4. The van der Waals surface area contributed by atoms with Gasteiger partial charge in [0, 0.05) is 0 Å². The van der Waals surface area contributed by atoms with Crippen molar-refractivity contribution in [1.29, 1.82) is 0 Å². The minimum atomic E-state index is -0.230. The molecule has 0 heterocycles. The summed E-state index contributed by atoms with van der Waals surface area (Å²) in [5, 5.41) is 0. The minimum Gasteiger partial charge on any atom is -0.495 e. The summed E-state index contributed by atoms with van der Waals surface area (Å²) in [5.74, 6) is 0.398. The molecule has 0 aromatic heterocycles. The number of methoxy groups -OCH3 is 1. The maximum absolute atomic E-state index is 11.1. The summed E-state index contributed by atoms with van der Waals surface area (Å²) in [7, 11) is 1.57. The van der Waals surface area contributed by atoms with Gasteiger partial charge in [0.1, 0.15) is 5.75 Å². The number of nitrogens with two attached hydrogens (primary N) is 1. The van der Waals surface area contributed by atoms with E-state index in [0.29, 0.717) is 18.0 Å². The van der Waals surface area contributed by atoms with Crippen LogP contribution in [0.4, 0.5) is 5.69 Å². The van der Waals surface area contributed by atoms with Gasteiger partial charge in [-0.15, -0.1) is 0 Å². The van der Waals surface area contributed by atoms with Crippen LogP contribution in [-0.2, 0) is 9.53 Å². The average molecular weight is 235 g/mol. The normalized spacial score (nSPS) is 10.5. The van der Waals surface area contributed by atoms with Crippen molar-refractivity contribution in [3.05, 3.63) is 29.8 Å². The Hall–Kier alpha value is -1.97. The molecule has 0 unspecified atom stereocenters. The zero-order valence-electron chi connectivity index (χ0n) is 10.1. The fourth-order valence-corrected chi connectivity index (χ4v) is 1.34. The maximum atomic E-state index is 11.1. The molecule has 0 saturated heterocycles. The van der Waals surface area contributed by atoms with Crippen molar-refractivity contribution in [3.8, 4) is 5.75 Å². The van der Waals surface area contributed by atoms with Crippen LogP contribution in [0.3, 0.4) is 0 Å². The van der Waals surface area contributed by atoms with Gasteiger partial charge in [-0.2, -0.15) is 0 Å². The summed E-state index contributed by atoms with van der Waals surface area (Å²) in [4.78, 5) is 11.1. The molecule has 4 nitrogen and oxygen atoms in total. The third-order valence-electron chi connectivity index (χ3n) is 2.16. The van der Waals surface area contributed by atoms with Gasteiger partial charge in [0.2, 0.25) is 0 Å². The van der Waals surface area contributed by atoms with Crippen molar-refractivity contribution in [3.63, 3.8) is 0 Å². The number of ether oxygens (including phenoxy) is 2. The van der Waals surface area contributed by atoms with Crippen LogP contribution in [0.25, 0.3) is 6.08 Å². The van der Waals surface area contributed by atoms with Gasteiger partial charge < -0.3 is 15.2 Å². The van der Waals surface area contributed by atoms with E-state index < -0.39 is 0 Å². The zero-order chi connectivity index (χ0) is 12.7. The molecule has 0 spiro atoms. The molecular formula is C13H17NO3. The number of hydrogen-bond donors (Lipinski definition) is 1. The van der Waals surface area contributed by atoms with E-state index >= 15 is 0 Å². The molecule has 0 fully saturated rings. The second-order valence-corrected chi connectivity index (χ2v) is 3.41. The standard InChI is InChI=1S/C13H17NO3/c1-3-17-13(15)6-4-5-10-7-8-11(14)12(9-10)16-2/h4-5,7-9H,3,6,14H2,1-2H3. The van der Waals surface area contributed by atoms with Crippen molar-refractivity contribution < 1.29 is 14.3 Å². The third-order valence-corrected chi connectivity index (χ3v) is 2.16. The lowest BCUT2D eigenvalue weighted by Crippen LogP contribution is -2.01. The van der Waals surface area contributed by atoms with E-state index in [9.17, 15) is 4.79 Å². The summed E-state index contributed by atoms with van der Waals surface area (Å²) in [6.07, 6.45) is 3.85. The van der Waals surface area contributed by atoms with Gasteiger partial charge in [0.05, 0.1) is 25.8 Å². The van der Waals surface area contributed by atoms with E-state index in [0.717, 1.165) is 5.56 Å². The number of anilines is 1. The van der Waals surface area contributed by atoms with Crippen molar-refractivity contribution in [2.24, 2.45) is 0 Å². The Balaban J connectivity index is 2.62. The molecule has 0 bridgehead atoms. The lowest BCUT2D eigenvalue weighted by Gasteiger charge is -2.04. The topological polar surface area (TPSA) is 61.5 Å². The first-order valence-electron chi connectivity index (χ1n) is 5.43. The Labute approximate surface area is 101 Å². The highest BCUT2D eigenvalue weighted by molar-refractivity contribution is 5.73. The second-order valence-electron chi connectivity index (χ2n) is 3.41. The van der Waals surface area contributed by atoms with Crippen LogP contribution >= 0.6 is 0 Å². The quantitative estimate of drug-likeness (QED) is 0.628. The number of carbonyl (C=O) groups is 1. The van der Waals surface area contributed by atoms with Crippen LogP contribution in [-0.4, -0.2) is 19.7 Å². The highest BCUT2D eigenvalue weighted by atomic mass is 16.5. The summed E-state index contributed by atoms with van der Waals surface area (Å²) in [6.45, 7) is 2.19. The first-order chi connectivity index (χ1) is 8.17. The summed E-state index contributed by atoms with van der Waals surface area (Å²) in [5.41, 5.74) is 7.22. The zero-order valence-corrected chi connectivity index (χ0v) is 10.1. The van der Waals surface area contributed by atoms with E-state index in [1.165, 1.54) is 0 Å². The largest absolute Gasteiger partial charge is 0.495 e. The number of esters is 1. The average Bonchev–Trinajstić information content (AvgIpc) is 2.31. The molecule has 1 aromatic rings. The van der Waals surface area contributed by atoms with Crippen molar-refractivity contribution >= 4 is 17.7 Å². The van der Waals surface area contributed by atoms with Crippen molar-refractivity contribution in [2.45, 2.75) is 13.3 Å². The number of rotatable bonds is 5. The molecular weight excluding hydrogens is 218 g/mol.